The van der Waals surface area contributed by atoms with Gasteiger partial charge in [-0.1, -0.05) is 0 Å². The smallest absolute Gasteiger partial charge is 0.253 e. The highest BCUT2D eigenvalue weighted by molar-refractivity contribution is 9.10. The van der Waals surface area contributed by atoms with E-state index in [9.17, 15) is 9.59 Å². The van der Waals surface area contributed by atoms with Gasteiger partial charge in [-0.3, -0.25) is 9.59 Å². The predicted molar refractivity (Wildman–Crippen MR) is 71.6 cm³/mol. The fourth-order valence-corrected chi connectivity index (χ4v) is 2.36. The molecule has 2 aromatic heterocycles. The van der Waals surface area contributed by atoms with Crippen LogP contribution in [0.15, 0.2) is 28.4 Å². The first-order valence-electron chi connectivity index (χ1n) is 4.97. The molecule has 6 nitrogen and oxygen atoms in total. The van der Waals surface area contributed by atoms with Crippen LogP contribution in [0.3, 0.4) is 0 Å². The second-order valence-electron chi connectivity index (χ2n) is 3.31. The van der Waals surface area contributed by atoms with E-state index in [-0.39, 0.29) is 18.4 Å². The molecule has 2 rings (SSSR count). The topological polar surface area (TPSA) is 86.9 Å². The summed E-state index contributed by atoms with van der Waals surface area (Å²) < 4.78 is 0.666. The molecule has 0 unspecified atom stereocenters. The van der Waals surface area contributed by atoms with Crippen molar-refractivity contribution in [2.75, 3.05) is 11.9 Å². The van der Waals surface area contributed by atoms with E-state index in [1.54, 1.807) is 23.8 Å². The molecule has 2 heterocycles. The van der Waals surface area contributed by atoms with Crippen LogP contribution >= 0.6 is 27.3 Å². The van der Waals surface area contributed by atoms with E-state index in [4.69, 9.17) is 0 Å². The summed E-state index contributed by atoms with van der Waals surface area (Å²) in [5.74, 6) is -0.618. The molecule has 0 radical (unpaired) electrons. The van der Waals surface area contributed by atoms with Crippen molar-refractivity contribution < 1.29 is 9.59 Å². The van der Waals surface area contributed by atoms with Gasteiger partial charge in [0.2, 0.25) is 5.91 Å². The number of aromatic amines is 1. The van der Waals surface area contributed by atoms with Crippen LogP contribution in [0.5, 0.6) is 0 Å². The minimum absolute atomic E-state index is 0.0960. The average Bonchev–Trinajstić information content (AvgIpc) is 2.97. The Hall–Kier alpha value is -1.67. The Morgan fingerprint density at radius 3 is 2.94 bits per heavy atom. The highest BCUT2D eigenvalue weighted by Gasteiger charge is 2.09. The van der Waals surface area contributed by atoms with E-state index in [1.807, 2.05) is 0 Å². The Morgan fingerprint density at radius 2 is 2.33 bits per heavy atom. The number of hydrogen-bond acceptors (Lipinski definition) is 4. The average molecular weight is 329 g/mol. The van der Waals surface area contributed by atoms with Gasteiger partial charge < -0.3 is 15.6 Å². The maximum Gasteiger partial charge on any atom is 0.253 e. The summed E-state index contributed by atoms with van der Waals surface area (Å²) in [6.07, 6.45) is 3.20. The fraction of sp³-hybridized carbons (Fsp3) is 0.100. The highest BCUT2D eigenvalue weighted by Crippen LogP contribution is 2.18. The molecule has 94 valence electrons. The van der Waals surface area contributed by atoms with Gasteiger partial charge in [-0.2, -0.15) is 0 Å². The first kappa shape index (κ1) is 12.8. The van der Waals surface area contributed by atoms with Gasteiger partial charge in [0, 0.05) is 17.8 Å². The third-order valence-electron chi connectivity index (χ3n) is 1.99. The van der Waals surface area contributed by atoms with Gasteiger partial charge in [0.25, 0.3) is 5.91 Å². The molecule has 0 aliphatic rings. The van der Waals surface area contributed by atoms with E-state index >= 15 is 0 Å². The molecule has 3 N–H and O–H groups in total. The standard InChI is InChI=1S/C10H9BrN4O2S/c11-7-5-18-10(14-7)15-8(16)4-13-9(17)6-1-2-12-3-6/h1-3,5,12H,4H2,(H,13,17)(H,14,15,16). The van der Waals surface area contributed by atoms with Crippen molar-refractivity contribution >= 4 is 44.2 Å². The molecular formula is C10H9BrN4O2S. The van der Waals surface area contributed by atoms with Crippen LogP contribution < -0.4 is 10.6 Å². The minimum atomic E-state index is -0.319. The van der Waals surface area contributed by atoms with E-state index in [2.05, 4.69) is 36.5 Å². The number of carbonyl (C=O) groups is 2. The van der Waals surface area contributed by atoms with E-state index < -0.39 is 0 Å². The molecule has 0 fully saturated rings. The zero-order chi connectivity index (χ0) is 13.0. The third-order valence-corrected chi connectivity index (χ3v) is 3.46. The van der Waals surface area contributed by atoms with Gasteiger partial charge in [-0.15, -0.1) is 11.3 Å². The number of carbonyl (C=O) groups excluding carboxylic acids is 2. The molecule has 0 spiro atoms. The number of rotatable bonds is 4. The molecule has 0 saturated heterocycles. The number of anilines is 1. The molecule has 0 aliphatic carbocycles. The van der Waals surface area contributed by atoms with Crippen LogP contribution in [0.1, 0.15) is 10.4 Å². The molecule has 2 amide bonds. The SMILES string of the molecule is O=C(CNC(=O)c1cc[nH]c1)Nc1nc(Br)cs1. The second kappa shape index (κ2) is 5.78. The van der Waals surface area contributed by atoms with Gasteiger partial charge in [0.05, 0.1) is 12.1 Å². The minimum Gasteiger partial charge on any atom is -0.367 e. The van der Waals surface area contributed by atoms with Gasteiger partial charge in [-0.25, -0.2) is 4.98 Å². The normalized spacial score (nSPS) is 10.1. The lowest BCUT2D eigenvalue weighted by molar-refractivity contribution is -0.115. The van der Waals surface area contributed by atoms with Crippen LogP contribution in [-0.4, -0.2) is 28.3 Å². The maximum atomic E-state index is 11.5. The van der Waals surface area contributed by atoms with Crippen molar-refractivity contribution in [3.8, 4) is 0 Å². The Bertz CT molecular complexity index is 552. The largest absolute Gasteiger partial charge is 0.367 e. The van der Waals surface area contributed by atoms with Crippen molar-refractivity contribution in [3.63, 3.8) is 0 Å². The van der Waals surface area contributed by atoms with Crippen LogP contribution in [0.4, 0.5) is 5.13 Å². The summed E-state index contributed by atoms with van der Waals surface area (Å²) in [6, 6.07) is 1.63. The van der Waals surface area contributed by atoms with Crippen LogP contribution in [0.2, 0.25) is 0 Å². The summed E-state index contributed by atoms with van der Waals surface area (Å²) in [4.78, 5) is 29.8. The number of H-pyrrole nitrogens is 1. The first-order valence-corrected chi connectivity index (χ1v) is 6.64. The summed E-state index contributed by atoms with van der Waals surface area (Å²) in [7, 11) is 0. The molecule has 2 aromatic rings. The predicted octanol–water partition coefficient (Wildman–Crippen LogP) is 1.60. The van der Waals surface area contributed by atoms with Crippen LogP contribution in [0, 0.1) is 0 Å². The number of halogens is 1. The van der Waals surface area contributed by atoms with Crippen molar-refractivity contribution in [3.05, 3.63) is 34.0 Å². The monoisotopic (exact) mass is 328 g/mol. The van der Waals surface area contributed by atoms with Crippen molar-refractivity contribution in [2.45, 2.75) is 0 Å². The summed E-state index contributed by atoms with van der Waals surface area (Å²) in [6.45, 7) is -0.0960. The van der Waals surface area contributed by atoms with E-state index in [0.29, 0.717) is 15.3 Å². The Labute approximate surface area is 115 Å². The number of nitrogens with zero attached hydrogens (tertiary/aromatic N) is 1. The van der Waals surface area contributed by atoms with Crippen LogP contribution in [0.25, 0.3) is 0 Å². The molecule has 18 heavy (non-hydrogen) atoms. The number of aromatic nitrogens is 2. The lowest BCUT2D eigenvalue weighted by atomic mass is 10.3. The summed E-state index contributed by atoms with van der Waals surface area (Å²) in [5.41, 5.74) is 0.486. The Morgan fingerprint density at radius 1 is 1.50 bits per heavy atom. The quantitative estimate of drug-likeness (QED) is 0.796. The van der Waals surface area contributed by atoms with Crippen LogP contribution in [-0.2, 0) is 4.79 Å². The zero-order valence-corrected chi connectivity index (χ0v) is 11.5. The Kier molecular flexibility index (Phi) is 4.11. The maximum absolute atomic E-state index is 11.5. The van der Waals surface area contributed by atoms with Crippen molar-refractivity contribution in [1.29, 1.82) is 0 Å². The lowest BCUT2D eigenvalue weighted by Crippen LogP contribution is -2.32. The molecule has 0 bridgehead atoms. The second-order valence-corrected chi connectivity index (χ2v) is 4.98. The molecule has 0 aliphatic heterocycles. The lowest BCUT2D eigenvalue weighted by Gasteiger charge is -2.03. The van der Waals surface area contributed by atoms with E-state index in [1.165, 1.54) is 11.3 Å². The molecule has 8 heteroatoms. The molecular weight excluding hydrogens is 320 g/mol. The van der Waals surface area contributed by atoms with Gasteiger partial charge in [0.15, 0.2) is 5.13 Å². The number of amides is 2. The van der Waals surface area contributed by atoms with Crippen molar-refractivity contribution in [1.82, 2.24) is 15.3 Å². The molecule has 0 aromatic carbocycles. The highest BCUT2D eigenvalue weighted by atomic mass is 79.9. The molecule has 0 atom stereocenters. The van der Waals surface area contributed by atoms with Gasteiger partial charge in [-0.05, 0) is 22.0 Å². The summed E-state index contributed by atoms with van der Waals surface area (Å²) >= 11 is 4.49. The zero-order valence-electron chi connectivity index (χ0n) is 9.07. The number of nitrogens with one attached hydrogen (secondary N) is 3. The number of thiazole rings is 1. The van der Waals surface area contributed by atoms with Gasteiger partial charge in [0.1, 0.15) is 4.60 Å². The van der Waals surface area contributed by atoms with Crippen molar-refractivity contribution in [2.24, 2.45) is 0 Å². The number of hydrogen-bond donors (Lipinski definition) is 3. The first-order chi connectivity index (χ1) is 8.65. The molecule has 0 saturated carbocycles. The third kappa shape index (κ3) is 3.41. The Balaban J connectivity index is 1.80. The van der Waals surface area contributed by atoms with E-state index in [0.717, 1.165) is 0 Å². The van der Waals surface area contributed by atoms with Gasteiger partial charge >= 0.3 is 0 Å². The summed E-state index contributed by atoms with van der Waals surface area (Å²) in [5, 5.41) is 7.33. The fourth-order valence-electron chi connectivity index (χ4n) is 1.20.